The summed E-state index contributed by atoms with van der Waals surface area (Å²) >= 11 is 2.08. The molecule has 0 aromatic carbocycles. The van der Waals surface area contributed by atoms with E-state index in [4.69, 9.17) is 5.73 Å². The Morgan fingerprint density at radius 3 is 2.39 bits per heavy atom. The fourth-order valence-electron chi connectivity index (χ4n) is 2.84. The molecule has 0 bridgehead atoms. The van der Waals surface area contributed by atoms with Gasteiger partial charge in [-0.2, -0.15) is 11.8 Å². The van der Waals surface area contributed by atoms with Crippen LogP contribution in [0.2, 0.25) is 0 Å². The molecule has 0 aromatic heterocycles. The monoisotopic (exact) mass is 273 g/mol. The van der Waals surface area contributed by atoms with Crippen LogP contribution in [-0.2, 0) is 0 Å². The molecule has 4 heteroatoms. The average Bonchev–Trinajstić information content (AvgIpc) is 2.66. The van der Waals surface area contributed by atoms with Crippen molar-refractivity contribution in [2.75, 3.05) is 46.0 Å². The normalized spacial score (nSPS) is 28.8. The molecular weight excluding hydrogens is 242 g/mol. The minimum Gasteiger partial charge on any atom is -0.329 e. The SMILES string of the molecule is CC(C)CN(CCN(C)C)C1(CN)CCSC1C. The molecule has 0 saturated carbocycles. The molecule has 1 rings (SSSR count). The highest BCUT2D eigenvalue weighted by Gasteiger charge is 2.44. The van der Waals surface area contributed by atoms with Gasteiger partial charge in [-0.15, -0.1) is 0 Å². The summed E-state index contributed by atoms with van der Waals surface area (Å²) in [5, 5.41) is 0.656. The van der Waals surface area contributed by atoms with E-state index < -0.39 is 0 Å². The zero-order valence-electron chi connectivity index (χ0n) is 12.8. The van der Waals surface area contributed by atoms with Crippen LogP contribution in [0.4, 0.5) is 0 Å². The third-order valence-electron chi connectivity index (χ3n) is 4.05. The highest BCUT2D eigenvalue weighted by molar-refractivity contribution is 8.00. The van der Waals surface area contributed by atoms with Gasteiger partial charge in [0.15, 0.2) is 0 Å². The maximum Gasteiger partial charge on any atom is 0.0455 e. The summed E-state index contributed by atoms with van der Waals surface area (Å²) in [5.74, 6) is 1.96. The third kappa shape index (κ3) is 3.86. The van der Waals surface area contributed by atoms with Crippen molar-refractivity contribution in [3.63, 3.8) is 0 Å². The van der Waals surface area contributed by atoms with Crippen molar-refractivity contribution in [2.24, 2.45) is 11.7 Å². The van der Waals surface area contributed by atoms with Gasteiger partial charge in [0.25, 0.3) is 0 Å². The van der Waals surface area contributed by atoms with Crippen molar-refractivity contribution in [1.29, 1.82) is 0 Å². The Labute approximate surface area is 117 Å². The van der Waals surface area contributed by atoms with E-state index in [9.17, 15) is 0 Å². The minimum absolute atomic E-state index is 0.227. The van der Waals surface area contributed by atoms with Crippen LogP contribution < -0.4 is 5.73 Å². The number of hydrogen-bond acceptors (Lipinski definition) is 4. The van der Waals surface area contributed by atoms with Crippen molar-refractivity contribution in [1.82, 2.24) is 9.80 Å². The van der Waals surface area contributed by atoms with Gasteiger partial charge in [0.2, 0.25) is 0 Å². The smallest absolute Gasteiger partial charge is 0.0455 e. The molecule has 1 heterocycles. The molecule has 2 unspecified atom stereocenters. The lowest BCUT2D eigenvalue weighted by atomic mass is 9.89. The van der Waals surface area contributed by atoms with E-state index in [1.54, 1.807) is 0 Å². The molecule has 2 N–H and O–H groups in total. The molecule has 1 saturated heterocycles. The zero-order chi connectivity index (χ0) is 13.8. The molecule has 0 aliphatic carbocycles. The van der Waals surface area contributed by atoms with E-state index in [0.29, 0.717) is 11.2 Å². The van der Waals surface area contributed by atoms with Gasteiger partial charge in [-0.3, -0.25) is 4.90 Å². The average molecular weight is 273 g/mol. The van der Waals surface area contributed by atoms with Crippen LogP contribution in [-0.4, -0.2) is 66.6 Å². The van der Waals surface area contributed by atoms with Crippen LogP contribution in [0.1, 0.15) is 27.2 Å². The first kappa shape index (κ1) is 16.3. The quantitative estimate of drug-likeness (QED) is 0.766. The molecule has 2 atom stereocenters. The van der Waals surface area contributed by atoms with Crippen LogP contribution in [0.15, 0.2) is 0 Å². The number of thioether (sulfide) groups is 1. The molecule has 0 radical (unpaired) electrons. The van der Waals surface area contributed by atoms with Crippen LogP contribution >= 0.6 is 11.8 Å². The molecular formula is C14H31N3S. The van der Waals surface area contributed by atoms with Gasteiger partial charge in [0, 0.05) is 37.0 Å². The van der Waals surface area contributed by atoms with Gasteiger partial charge in [-0.25, -0.2) is 0 Å². The predicted molar refractivity (Wildman–Crippen MR) is 83.3 cm³/mol. The van der Waals surface area contributed by atoms with Crippen molar-refractivity contribution in [2.45, 2.75) is 38.0 Å². The van der Waals surface area contributed by atoms with Crippen LogP contribution in [0.25, 0.3) is 0 Å². The van der Waals surface area contributed by atoms with E-state index in [-0.39, 0.29) is 5.54 Å². The molecule has 0 amide bonds. The molecule has 108 valence electrons. The van der Waals surface area contributed by atoms with Crippen molar-refractivity contribution in [3.05, 3.63) is 0 Å². The standard InChI is InChI=1S/C14H31N3S/c1-12(2)10-17(8-7-16(4)5)14(11-15)6-9-18-13(14)3/h12-13H,6-11,15H2,1-5H3. The Hall–Kier alpha value is 0.230. The lowest BCUT2D eigenvalue weighted by Crippen LogP contribution is -2.59. The second-order valence-corrected chi connectivity index (χ2v) is 7.66. The van der Waals surface area contributed by atoms with Crippen LogP contribution in [0, 0.1) is 5.92 Å². The minimum atomic E-state index is 0.227. The second kappa shape index (κ2) is 7.13. The fraction of sp³-hybridized carbons (Fsp3) is 1.00. The van der Waals surface area contributed by atoms with Gasteiger partial charge in [0.05, 0.1) is 0 Å². The zero-order valence-corrected chi connectivity index (χ0v) is 13.6. The molecule has 3 nitrogen and oxygen atoms in total. The third-order valence-corrected chi connectivity index (χ3v) is 5.42. The van der Waals surface area contributed by atoms with Gasteiger partial charge < -0.3 is 10.6 Å². The molecule has 0 aromatic rings. The van der Waals surface area contributed by atoms with Crippen molar-refractivity contribution in [3.8, 4) is 0 Å². The molecule has 0 spiro atoms. The Bertz CT molecular complexity index is 245. The first-order valence-electron chi connectivity index (χ1n) is 7.14. The number of nitrogens with zero attached hydrogens (tertiary/aromatic N) is 2. The topological polar surface area (TPSA) is 32.5 Å². The Morgan fingerprint density at radius 2 is 2.00 bits per heavy atom. The Kier molecular flexibility index (Phi) is 6.45. The Balaban J connectivity index is 2.78. The lowest BCUT2D eigenvalue weighted by molar-refractivity contribution is 0.0762. The fourth-order valence-corrected chi connectivity index (χ4v) is 4.34. The van der Waals surface area contributed by atoms with Gasteiger partial charge in [-0.05, 0) is 32.2 Å². The lowest BCUT2D eigenvalue weighted by Gasteiger charge is -2.44. The summed E-state index contributed by atoms with van der Waals surface area (Å²) < 4.78 is 0. The maximum atomic E-state index is 6.17. The number of nitrogens with two attached hydrogens (primary N) is 1. The summed E-state index contributed by atoms with van der Waals surface area (Å²) in [6.07, 6.45) is 1.25. The predicted octanol–water partition coefficient (Wildman–Crippen LogP) is 1.73. The highest BCUT2D eigenvalue weighted by atomic mass is 32.2. The summed E-state index contributed by atoms with van der Waals surface area (Å²) in [5.41, 5.74) is 6.40. The molecule has 1 fully saturated rings. The maximum absolute atomic E-state index is 6.17. The van der Waals surface area contributed by atoms with Gasteiger partial charge >= 0.3 is 0 Å². The molecule has 1 aliphatic heterocycles. The van der Waals surface area contributed by atoms with Gasteiger partial charge in [0.1, 0.15) is 0 Å². The summed E-state index contributed by atoms with van der Waals surface area (Å²) in [6.45, 7) is 11.2. The van der Waals surface area contributed by atoms with E-state index in [0.717, 1.165) is 26.2 Å². The number of hydrogen-bond donors (Lipinski definition) is 1. The number of likely N-dealkylation sites (N-methyl/N-ethyl adjacent to an activating group) is 1. The van der Waals surface area contributed by atoms with Crippen molar-refractivity contribution < 1.29 is 0 Å². The van der Waals surface area contributed by atoms with E-state index in [1.807, 2.05) is 0 Å². The first-order valence-corrected chi connectivity index (χ1v) is 8.18. The largest absolute Gasteiger partial charge is 0.329 e. The highest BCUT2D eigenvalue weighted by Crippen LogP contribution is 2.39. The summed E-state index contributed by atoms with van der Waals surface area (Å²) in [6, 6.07) is 0. The molecule has 1 aliphatic rings. The van der Waals surface area contributed by atoms with Crippen LogP contribution in [0.5, 0.6) is 0 Å². The van der Waals surface area contributed by atoms with E-state index in [1.165, 1.54) is 12.2 Å². The second-order valence-electron chi connectivity index (χ2n) is 6.21. The van der Waals surface area contributed by atoms with Gasteiger partial charge in [-0.1, -0.05) is 20.8 Å². The molecule has 18 heavy (non-hydrogen) atoms. The summed E-state index contributed by atoms with van der Waals surface area (Å²) in [7, 11) is 4.30. The first-order chi connectivity index (χ1) is 8.42. The summed E-state index contributed by atoms with van der Waals surface area (Å²) in [4.78, 5) is 4.94. The van der Waals surface area contributed by atoms with Crippen molar-refractivity contribution >= 4 is 11.8 Å². The van der Waals surface area contributed by atoms with E-state index in [2.05, 4.69) is 56.4 Å². The Morgan fingerprint density at radius 1 is 1.33 bits per heavy atom. The number of rotatable bonds is 7. The van der Waals surface area contributed by atoms with Crippen LogP contribution in [0.3, 0.4) is 0 Å². The van der Waals surface area contributed by atoms with E-state index >= 15 is 0 Å².